The summed E-state index contributed by atoms with van der Waals surface area (Å²) in [5.41, 5.74) is 3.59. The van der Waals surface area contributed by atoms with Crippen LogP contribution in [0.5, 0.6) is 0 Å². The Morgan fingerprint density at radius 3 is 2.39 bits per heavy atom. The molecule has 0 radical (unpaired) electrons. The third-order valence-corrected chi connectivity index (χ3v) is 9.32. The van der Waals surface area contributed by atoms with Crippen LogP contribution in [0.25, 0.3) is 11.0 Å². The number of aryl methyl sites for hydroxylation is 1. The molecule has 3 aromatic heterocycles. The van der Waals surface area contributed by atoms with Crippen LogP contribution in [0.3, 0.4) is 0 Å². The zero-order chi connectivity index (χ0) is 27.4. The first-order valence-electron chi connectivity index (χ1n) is 12.6. The lowest BCUT2D eigenvalue weighted by Crippen LogP contribution is -2.53. The van der Waals surface area contributed by atoms with E-state index in [4.69, 9.17) is 4.42 Å². The second-order valence-corrected chi connectivity index (χ2v) is 13.9. The van der Waals surface area contributed by atoms with E-state index in [1.54, 1.807) is 28.6 Å². The van der Waals surface area contributed by atoms with Crippen molar-refractivity contribution in [2.45, 2.75) is 58.5 Å². The Hall–Kier alpha value is -2.60. The van der Waals surface area contributed by atoms with E-state index in [0.29, 0.717) is 35.4 Å². The summed E-state index contributed by atoms with van der Waals surface area (Å²) in [7, 11) is -4.11. The largest absolute Gasteiger partial charge is 0.464 e. The maximum Gasteiger partial charge on any atom is 0.244 e. The van der Waals surface area contributed by atoms with Gasteiger partial charge in [-0.3, -0.25) is 4.79 Å². The van der Waals surface area contributed by atoms with Gasteiger partial charge in [-0.1, -0.05) is 27.7 Å². The van der Waals surface area contributed by atoms with Gasteiger partial charge in [0, 0.05) is 35.7 Å². The Morgan fingerprint density at radius 1 is 1.05 bits per heavy atom. The van der Waals surface area contributed by atoms with Gasteiger partial charge in [0.1, 0.15) is 11.6 Å². The second kappa shape index (κ2) is 12.1. The average molecular weight is 575 g/mol. The molecule has 0 saturated heterocycles. The molecule has 0 unspecified atom stereocenters. The van der Waals surface area contributed by atoms with Gasteiger partial charge >= 0.3 is 0 Å². The number of aromatic nitrogens is 2. The number of thiazole rings is 2. The summed E-state index contributed by atoms with van der Waals surface area (Å²) < 4.78 is 35.4. The SMILES string of the molecule is Cc1nc(CN([C@@H](Cc2cscn2)C(=O)N(CC(C)C)CC(C)C)S(=O)(=O)c2ccc3occc3c2)cs1. The van der Waals surface area contributed by atoms with Crippen LogP contribution >= 0.6 is 22.7 Å². The Labute approximate surface area is 232 Å². The van der Waals surface area contributed by atoms with Crippen LogP contribution in [-0.2, 0) is 27.8 Å². The van der Waals surface area contributed by atoms with Crippen LogP contribution in [0.4, 0.5) is 0 Å². The Kier molecular flexibility index (Phi) is 9.02. The van der Waals surface area contributed by atoms with E-state index in [1.807, 2.05) is 17.7 Å². The van der Waals surface area contributed by atoms with Crippen molar-refractivity contribution >= 4 is 49.6 Å². The van der Waals surface area contributed by atoms with E-state index in [-0.39, 0.29) is 35.6 Å². The molecule has 204 valence electrons. The zero-order valence-corrected chi connectivity index (χ0v) is 24.8. The highest BCUT2D eigenvalue weighted by Gasteiger charge is 2.39. The van der Waals surface area contributed by atoms with Gasteiger partial charge in [-0.2, -0.15) is 4.31 Å². The van der Waals surface area contributed by atoms with Crippen LogP contribution in [-0.4, -0.2) is 52.6 Å². The minimum absolute atomic E-state index is 0.0200. The Morgan fingerprint density at radius 2 is 1.79 bits per heavy atom. The highest BCUT2D eigenvalue weighted by atomic mass is 32.2. The molecule has 0 aliphatic rings. The van der Waals surface area contributed by atoms with Crippen LogP contribution in [0.15, 0.2) is 56.1 Å². The minimum atomic E-state index is -4.11. The molecular formula is C27H34N4O4S3. The smallest absolute Gasteiger partial charge is 0.244 e. The predicted octanol–water partition coefficient (Wildman–Crippen LogP) is 5.60. The summed E-state index contributed by atoms with van der Waals surface area (Å²) >= 11 is 2.88. The molecule has 4 rings (SSSR count). The van der Waals surface area contributed by atoms with Gasteiger partial charge in [0.15, 0.2) is 0 Å². The summed E-state index contributed by atoms with van der Waals surface area (Å²) in [6.07, 6.45) is 1.70. The third-order valence-electron chi connectivity index (χ3n) is 6.02. The van der Waals surface area contributed by atoms with Crippen molar-refractivity contribution in [1.29, 1.82) is 0 Å². The van der Waals surface area contributed by atoms with Crippen molar-refractivity contribution in [3.63, 3.8) is 0 Å². The van der Waals surface area contributed by atoms with Crippen molar-refractivity contribution in [3.8, 4) is 0 Å². The fraction of sp³-hybridized carbons (Fsp3) is 0.444. The van der Waals surface area contributed by atoms with Crippen LogP contribution in [0.2, 0.25) is 0 Å². The molecule has 11 heteroatoms. The number of carbonyl (C=O) groups is 1. The molecule has 0 fully saturated rings. The first-order valence-corrected chi connectivity index (χ1v) is 15.9. The summed E-state index contributed by atoms with van der Waals surface area (Å²) in [6, 6.07) is 5.52. The lowest BCUT2D eigenvalue weighted by Gasteiger charge is -2.35. The average Bonchev–Trinajstić information content (AvgIpc) is 3.61. The molecule has 0 bridgehead atoms. The van der Waals surface area contributed by atoms with E-state index in [9.17, 15) is 13.2 Å². The summed E-state index contributed by atoms with van der Waals surface area (Å²) in [5, 5.41) is 5.23. The molecule has 1 atom stereocenters. The summed E-state index contributed by atoms with van der Waals surface area (Å²) in [6.45, 7) is 11.2. The number of amides is 1. The van der Waals surface area contributed by atoms with Gasteiger partial charge in [0.2, 0.25) is 15.9 Å². The normalized spacial score (nSPS) is 13.2. The van der Waals surface area contributed by atoms with Gasteiger partial charge in [-0.05, 0) is 43.0 Å². The molecule has 8 nitrogen and oxygen atoms in total. The van der Waals surface area contributed by atoms with Crippen LogP contribution < -0.4 is 0 Å². The number of furan rings is 1. The van der Waals surface area contributed by atoms with Crippen LogP contribution in [0, 0.1) is 18.8 Å². The molecular weight excluding hydrogens is 541 g/mol. The fourth-order valence-electron chi connectivity index (χ4n) is 4.44. The molecule has 0 aliphatic carbocycles. The number of hydrogen-bond acceptors (Lipinski definition) is 8. The predicted molar refractivity (Wildman–Crippen MR) is 152 cm³/mol. The van der Waals surface area contributed by atoms with Crippen molar-refractivity contribution in [2.75, 3.05) is 13.1 Å². The quantitative estimate of drug-likeness (QED) is 0.219. The lowest BCUT2D eigenvalue weighted by molar-refractivity contribution is -0.136. The monoisotopic (exact) mass is 574 g/mol. The Balaban J connectivity index is 1.83. The van der Waals surface area contributed by atoms with E-state index >= 15 is 0 Å². The van der Waals surface area contributed by atoms with Crippen molar-refractivity contribution in [1.82, 2.24) is 19.2 Å². The maximum absolute atomic E-state index is 14.3. The molecule has 0 saturated carbocycles. The van der Waals surface area contributed by atoms with Crippen molar-refractivity contribution < 1.29 is 17.6 Å². The van der Waals surface area contributed by atoms with Gasteiger partial charge in [-0.25, -0.2) is 18.4 Å². The molecule has 1 amide bonds. The van der Waals surface area contributed by atoms with Gasteiger partial charge < -0.3 is 9.32 Å². The third kappa shape index (κ3) is 6.69. The molecule has 38 heavy (non-hydrogen) atoms. The number of nitrogens with zero attached hydrogens (tertiary/aromatic N) is 4. The number of rotatable bonds is 12. The van der Waals surface area contributed by atoms with E-state index < -0.39 is 16.1 Å². The van der Waals surface area contributed by atoms with E-state index in [2.05, 4.69) is 37.7 Å². The minimum Gasteiger partial charge on any atom is -0.464 e. The molecule has 0 spiro atoms. The number of carbonyl (C=O) groups excluding carboxylic acids is 1. The number of hydrogen-bond donors (Lipinski definition) is 0. The molecule has 3 heterocycles. The first kappa shape index (κ1) is 28.4. The van der Waals surface area contributed by atoms with Gasteiger partial charge in [0.05, 0.1) is 39.6 Å². The summed E-state index contributed by atoms with van der Waals surface area (Å²) in [4.78, 5) is 25.1. The van der Waals surface area contributed by atoms with Gasteiger partial charge in [-0.15, -0.1) is 22.7 Å². The molecule has 4 aromatic rings. The second-order valence-electron chi connectivity index (χ2n) is 10.3. The topological polar surface area (TPSA) is 96.6 Å². The van der Waals surface area contributed by atoms with E-state index in [1.165, 1.54) is 39.3 Å². The van der Waals surface area contributed by atoms with Gasteiger partial charge in [0.25, 0.3) is 0 Å². The zero-order valence-electron chi connectivity index (χ0n) is 22.3. The van der Waals surface area contributed by atoms with Crippen LogP contribution in [0.1, 0.15) is 44.1 Å². The number of sulfonamides is 1. The summed E-state index contributed by atoms with van der Waals surface area (Å²) in [5.74, 6) is 0.236. The molecule has 0 N–H and O–H groups in total. The lowest BCUT2D eigenvalue weighted by atomic mass is 10.1. The van der Waals surface area contributed by atoms with Crippen molar-refractivity contribution in [2.24, 2.45) is 11.8 Å². The fourth-order valence-corrected chi connectivity index (χ4v) is 7.20. The van der Waals surface area contributed by atoms with E-state index in [0.717, 1.165) is 5.01 Å². The van der Waals surface area contributed by atoms with Crippen molar-refractivity contribution in [3.05, 3.63) is 63.2 Å². The highest BCUT2D eigenvalue weighted by molar-refractivity contribution is 7.89. The highest BCUT2D eigenvalue weighted by Crippen LogP contribution is 2.28. The first-order chi connectivity index (χ1) is 18.0. The maximum atomic E-state index is 14.3. The number of benzene rings is 1. The molecule has 0 aliphatic heterocycles. The number of fused-ring (bicyclic) bond motifs is 1. The standard InChI is InChI=1S/C27H34N4O4S3/c1-18(2)12-30(13-19(3)4)27(32)25(11-22-15-36-17-28-22)31(14-23-16-37-20(5)29-23)38(33,34)24-6-7-26-21(10-24)8-9-35-26/h6-10,15-19,25H,11-14H2,1-5H3/t25-/m0/s1. The molecule has 1 aromatic carbocycles. The Bertz CT molecular complexity index is 1450.